The Hall–Kier alpha value is -1.76. The Balaban J connectivity index is 1.92. The number of benzene rings is 2. The van der Waals surface area contributed by atoms with Crippen LogP contribution in [0.3, 0.4) is 0 Å². The molecule has 7 heteroatoms. The molecule has 0 N–H and O–H groups in total. The van der Waals surface area contributed by atoms with Crippen LogP contribution >= 0.6 is 45.7 Å². The molecule has 0 aliphatic rings. The first kappa shape index (κ1) is 19.0. The van der Waals surface area contributed by atoms with Crippen molar-refractivity contribution in [1.29, 1.82) is 5.26 Å². The van der Waals surface area contributed by atoms with E-state index in [1.807, 2.05) is 49.4 Å². The van der Waals surface area contributed by atoms with Gasteiger partial charge in [-0.15, -0.1) is 11.3 Å². The Morgan fingerprint density at radius 3 is 2.88 bits per heavy atom. The molecule has 4 nitrogen and oxygen atoms in total. The van der Waals surface area contributed by atoms with Gasteiger partial charge in [-0.2, -0.15) is 5.26 Å². The van der Waals surface area contributed by atoms with E-state index in [0.717, 1.165) is 23.7 Å². The van der Waals surface area contributed by atoms with Crippen molar-refractivity contribution in [3.05, 3.63) is 50.4 Å². The van der Waals surface area contributed by atoms with Gasteiger partial charge in [0, 0.05) is 0 Å². The molecular weight excluding hydrogens is 479 g/mol. The zero-order chi connectivity index (χ0) is 18.5. The van der Waals surface area contributed by atoms with Crippen LogP contribution in [0.25, 0.3) is 16.3 Å². The first-order valence-corrected chi connectivity index (χ1v) is 10.5. The summed E-state index contributed by atoms with van der Waals surface area (Å²) in [5.41, 5.74) is 1.85. The normalized spacial score (nSPS) is 11.4. The quantitative estimate of drug-likeness (QED) is 0.240. The van der Waals surface area contributed by atoms with Gasteiger partial charge in [-0.25, -0.2) is 4.98 Å². The average Bonchev–Trinajstić information content (AvgIpc) is 3.03. The Morgan fingerprint density at radius 2 is 2.19 bits per heavy atom. The predicted molar refractivity (Wildman–Crippen MR) is 116 cm³/mol. The molecule has 0 unspecified atom stereocenters. The molecule has 26 heavy (non-hydrogen) atoms. The highest BCUT2D eigenvalue weighted by atomic mass is 127. The molecule has 0 amide bonds. The lowest BCUT2D eigenvalue weighted by Crippen LogP contribution is -1.97. The Bertz CT molecular complexity index is 975. The second-order valence-corrected chi connectivity index (χ2v) is 8.62. The molecule has 0 saturated carbocycles. The van der Waals surface area contributed by atoms with Crippen LogP contribution in [0.5, 0.6) is 11.5 Å². The fraction of sp³-hybridized carbons (Fsp3) is 0.158. The molecule has 132 valence electrons. The Kier molecular flexibility index (Phi) is 6.40. The molecule has 0 saturated heterocycles. The molecular formula is C19H15IN2O2S2. The molecule has 1 aromatic heterocycles. The van der Waals surface area contributed by atoms with E-state index in [1.54, 1.807) is 18.4 Å². The Morgan fingerprint density at radius 1 is 1.38 bits per heavy atom. The van der Waals surface area contributed by atoms with Crippen LogP contribution in [0, 0.1) is 14.9 Å². The number of aromatic nitrogens is 1. The van der Waals surface area contributed by atoms with Crippen LogP contribution < -0.4 is 9.47 Å². The smallest absolute Gasteiger partial charge is 0.174 e. The van der Waals surface area contributed by atoms with Gasteiger partial charge in [-0.3, -0.25) is 0 Å². The number of nitrogens with zero attached hydrogens (tertiary/aromatic N) is 2. The summed E-state index contributed by atoms with van der Waals surface area (Å²) < 4.78 is 14.0. The van der Waals surface area contributed by atoms with Gasteiger partial charge in [0.25, 0.3) is 0 Å². The summed E-state index contributed by atoms with van der Waals surface area (Å²) in [4.78, 5) is 5.15. The van der Waals surface area contributed by atoms with Crippen molar-refractivity contribution in [1.82, 2.24) is 4.98 Å². The molecule has 0 bridgehead atoms. The molecule has 0 radical (unpaired) electrons. The number of nitriles is 1. The van der Waals surface area contributed by atoms with E-state index < -0.39 is 0 Å². The second-order valence-electron chi connectivity index (χ2n) is 5.14. The van der Waals surface area contributed by atoms with Crippen molar-refractivity contribution in [3.8, 4) is 17.6 Å². The second kappa shape index (κ2) is 8.75. The van der Waals surface area contributed by atoms with E-state index in [0.29, 0.717) is 23.0 Å². The van der Waals surface area contributed by atoms with Gasteiger partial charge in [0.2, 0.25) is 0 Å². The highest BCUT2D eigenvalue weighted by molar-refractivity contribution is 14.1. The number of rotatable bonds is 6. The molecule has 0 aliphatic carbocycles. The summed E-state index contributed by atoms with van der Waals surface area (Å²) in [6.07, 6.45) is 1.85. The summed E-state index contributed by atoms with van der Waals surface area (Å²) >= 11 is 5.17. The summed E-state index contributed by atoms with van der Waals surface area (Å²) in [7, 11) is 1.62. The standard InChI is InChI=1S/C19H15IN2O2S2/c1-3-24-16-10-12(9-14(20)18(16)23-2)8-13(11-21)25-19-22-15-6-4-5-7-17(15)26-19/h4-10H,3H2,1-2H3. The minimum absolute atomic E-state index is 0.547. The molecule has 0 fully saturated rings. The monoisotopic (exact) mass is 494 g/mol. The lowest BCUT2D eigenvalue weighted by Gasteiger charge is -2.12. The predicted octanol–water partition coefficient (Wildman–Crippen LogP) is 5.96. The number of para-hydroxylation sites is 1. The van der Waals surface area contributed by atoms with Crippen molar-refractivity contribution in [2.24, 2.45) is 0 Å². The lowest BCUT2D eigenvalue weighted by molar-refractivity contribution is 0.309. The fourth-order valence-corrected chi connectivity index (χ4v) is 5.18. The van der Waals surface area contributed by atoms with Crippen LogP contribution in [0.4, 0.5) is 0 Å². The van der Waals surface area contributed by atoms with Gasteiger partial charge < -0.3 is 9.47 Å². The number of halogens is 1. The number of thiazole rings is 1. The minimum atomic E-state index is 0.547. The minimum Gasteiger partial charge on any atom is -0.492 e. The van der Waals surface area contributed by atoms with E-state index in [9.17, 15) is 5.26 Å². The van der Waals surface area contributed by atoms with Gasteiger partial charge in [-0.05, 0) is 77.2 Å². The van der Waals surface area contributed by atoms with Crippen molar-refractivity contribution in [2.75, 3.05) is 13.7 Å². The topological polar surface area (TPSA) is 55.1 Å². The number of hydrogen-bond donors (Lipinski definition) is 0. The molecule has 1 heterocycles. The summed E-state index contributed by atoms with van der Waals surface area (Å²) in [5.74, 6) is 1.39. The number of allylic oxidation sites excluding steroid dienone is 1. The zero-order valence-electron chi connectivity index (χ0n) is 14.2. The summed E-state index contributed by atoms with van der Waals surface area (Å²) in [5, 5.41) is 9.55. The van der Waals surface area contributed by atoms with Crippen LogP contribution in [0.2, 0.25) is 0 Å². The van der Waals surface area contributed by atoms with Crippen molar-refractivity contribution >= 4 is 62.0 Å². The zero-order valence-corrected chi connectivity index (χ0v) is 17.9. The number of thioether (sulfide) groups is 1. The van der Waals surface area contributed by atoms with Crippen molar-refractivity contribution in [3.63, 3.8) is 0 Å². The first-order chi connectivity index (χ1) is 12.6. The number of ether oxygens (including phenoxy) is 2. The highest BCUT2D eigenvalue weighted by Gasteiger charge is 2.12. The van der Waals surface area contributed by atoms with Crippen LogP contribution in [-0.4, -0.2) is 18.7 Å². The molecule has 0 atom stereocenters. The molecule has 0 aliphatic heterocycles. The average molecular weight is 494 g/mol. The van der Waals surface area contributed by atoms with E-state index in [2.05, 4.69) is 33.6 Å². The van der Waals surface area contributed by atoms with Gasteiger partial charge in [-0.1, -0.05) is 12.1 Å². The first-order valence-electron chi connectivity index (χ1n) is 7.80. The van der Waals surface area contributed by atoms with E-state index in [4.69, 9.17) is 9.47 Å². The molecule has 3 rings (SSSR count). The van der Waals surface area contributed by atoms with Crippen LogP contribution in [0.15, 0.2) is 45.6 Å². The highest BCUT2D eigenvalue weighted by Crippen LogP contribution is 2.37. The fourth-order valence-electron chi connectivity index (χ4n) is 2.36. The maximum absolute atomic E-state index is 9.55. The van der Waals surface area contributed by atoms with E-state index in [1.165, 1.54) is 11.8 Å². The maximum atomic E-state index is 9.55. The number of fused-ring (bicyclic) bond motifs is 1. The number of methoxy groups -OCH3 is 1. The number of hydrogen-bond acceptors (Lipinski definition) is 6. The Labute approximate surface area is 174 Å². The maximum Gasteiger partial charge on any atom is 0.174 e. The van der Waals surface area contributed by atoms with Gasteiger partial charge in [0.05, 0.1) is 32.4 Å². The third-order valence-corrected chi connectivity index (χ3v) is 6.24. The van der Waals surface area contributed by atoms with Crippen molar-refractivity contribution < 1.29 is 9.47 Å². The summed E-state index contributed by atoms with van der Waals surface area (Å²) in [6.45, 7) is 2.48. The van der Waals surface area contributed by atoms with Gasteiger partial charge >= 0.3 is 0 Å². The molecule has 3 aromatic rings. The van der Waals surface area contributed by atoms with E-state index >= 15 is 0 Å². The SMILES string of the molecule is CCOc1cc(C=C(C#N)Sc2nc3ccccc3s2)cc(I)c1OC. The van der Waals surface area contributed by atoms with Crippen LogP contribution in [-0.2, 0) is 0 Å². The van der Waals surface area contributed by atoms with Gasteiger partial charge in [0.15, 0.2) is 15.8 Å². The largest absolute Gasteiger partial charge is 0.492 e. The lowest BCUT2D eigenvalue weighted by atomic mass is 10.2. The molecule has 2 aromatic carbocycles. The van der Waals surface area contributed by atoms with Crippen LogP contribution in [0.1, 0.15) is 12.5 Å². The molecule has 0 spiro atoms. The van der Waals surface area contributed by atoms with Crippen molar-refractivity contribution in [2.45, 2.75) is 11.3 Å². The van der Waals surface area contributed by atoms with E-state index in [-0.39, 0.29) is 0 Å². The van der Waals surface area contributed by atoms with Gasteiger partial charge in [0.1, 0.15) is 6.07 Å². The third-order valence-electron chi connectivity index (χ3n) is 3.42. The third kappa shape index (κ3) is 4.31. The summed E-state index contributed by atoms with van der Waals surface area (Å²) in [6, 6.07) is 14.1.